The molecule has 1 aliphatic heterocycles. The molecule has 0 saturated heterocycles. The lowest BCUT2D eigenvalue weighted by Crippen LogP contribution is -2.40. The van der Waals surface area contributed by atoms with Crippen molar-refractivity contribution in [3.8, 4) is 11.1 Å². The molecule has 1 fully saturated rings. The average molecular weight is 616 g/mol. The van der Waals surface area contributed by atoms with Crippen LogP contribution in [0.3, 0.4) is 0 Å². The Kier molecular flexibility index (Phi) is 9.53. The van der Waals surface area contributed by atoms with Crippen molar-refractivity contribution in [3.63, 3.8) is 0 Å². The fourth-order valence-electron chi connectivity index (χ4n) is 5.97. The first-order chi connectivity index (χ1) is 21.0. The van der Waals surface area contributed by atoms with Crippen LogP contribution in [0.25, 0.3) is 11.1 Å². The second-order valence-corrected chi connectivity index (χ2v) is 14.2. The molecule has 0 bridgehead atoms. The van der Waals surface area contributed by atoms with Crippen molar-refractivity contribution in [3.05, 3.63) is 59.3 Å². The van der Waals surface area contributed by atoms with Crippen molar-refractivity contribution in [2.45, 2.75) is 110 Å². The van der Waals surface area contributed by atoms with E-state index in [1.54, 1.807) is 0 Å². The van der Waals surface area contributed by atoms with Gasteiger partial charge >= 0.3 is 0 Å². The number of rotatable bonds is 11. The molecular weight excluding hydrogens is 570 g/mol. The molecule has 2 aliphatic rings. The number of nitrogens with one attached hydrogen (secondary N) is 2. The molecule has 2 amide bonds. The van der Waals surface area contributed by atoms with E-state index in [1.165, 1.54) is 11.9 Å². The summed E-state index contributed by atoms with van der Waals surface area (Å²) in [4.78, 5) is 35.0. The lowest BCUT2D eigenvalue weighted by Gasteiger charge is -2.24. The van der Waals surface area contributed by atoms with Crippen molar-refractivity contribution < 1.29 is 14.1 Å². The molecule has 0 unspecified atom stereocenters. The predicted octanol–water partition coefficient (Wildman–Crippen LogP) is 8.70. The van der Waals surface area contributed by atoms with E-state index >= 15 is 0 Å². The van der Waals surface area contributed by atoms with E-state index < -0.39 is 5.54 Å². The summed E-state index contributed by atoms with van der Waals surface area (Å²) in [5, 5.41) is 7.27. The van der Waals surface area contributed by atoms with E-state index in [0.717, 1.165) is 89.3 Å². The first kappa shape index (κ1) is 31.8. The molecule has 3 aromatic rings. The van der Waals surface area contributed by atoms with Gasteiger partial charge in [-0.3, -0.25) is 24.2 Å². The number of carbonyl (C=O) groups is 2. The fourth-order valence-corrected chi connectivity index (χ4v) is 6.80. The lowest BCUT2D eigenvalue weighted by atomic mass is 9.91. The Hall–Kier alpha value is -3.59. The van der Waals surface area contributed by atoms with E-state index in [4.69, 9.17) is 9.52 Å². The number of nitrogens with zero attached hydrogens (tertiary/aromatic N) is 3. The van der Waals surface area contributed by atoms with Crippen molar-refractivity contribution in [2.75, 3.05) is 10.0 Å². The monoisotopic (exact) mass is 615 g/mol. The van der Waals surface area contributed by atoms with E-state index in [-0.39, 0.29) is 17.2 Å². The molecule has 2 heterocycles. The Bertz CT molecular complexity index is 1550. The summed E-state index contributed by atoms with van der Waals surface area (Å²) >= 11 is 1.44. The molecule has 2 N–H and O–H groups in total. The number of amides is 2. The number of anilines is 2. The molecule has 0 radical (unpaired) electrons. The first-order valence-corrected chi connectivity index (χ1v) is 16.6. The highest BCUT2D eigenvalue weighted by Gasteiger charge is 2.49. The third-order valence-corrected chi connectivity index (χ3v) is 9.32. The number of hydrogen-bond acceptors (Lipinski definition) is 7. The topological polar surface area (TPSA) is 99.8 Å². The number of hydrogen-bond donors (Lipinski definition) is 2. The van der Waals surface area contributed by atoms with Crippen LogP contribution in [-0.2, 0) is 16.1 Å². The van der Waals surface area contributed by atoms with Gasteiger partial charge in [0.25, 0.3) is 5.91 Å². The number of aromatic nitrogens is 1. The van der Waals surface area contributed by atoms with Crippen molar-refractivity contribution in [1.82, 2.24) is 10.1 Å². The van der Waals surface area contributed by atoms with Crippen LogP contribution >= 0.6 is 11.9 Å². The van der Waals surface area contributed by atoms with Gasteiger partial charge in [0.1, 0.15) is 11.4 Å². The van der Waals surface area contributed by atoms with Gasteiger partial charge in [-0.15, -0.1) is 0 Å². The maximum atomic E-state index is 13.8. The van der Waals surface area contributed by atoms with Crippen LogP contribution < -0.4 is 10.0 Å². The van der Waals surface area contributed by atoms with E-state index in [1.807, 2.05) is 43.0 Å². The number of carbonyl (C=O) groups excluding carboxylic acids is 2. The number of aryl methyl sites for hydroxylation is 1. The summed E-state index contributed by atoms with van der Waals surface area (Å²) < 4.78 is 8.76. The van der Waals surface area contributed by atoms with Crippen molar-refractivity contribution in [1.29, 1.82) is 0 Å². The zero-order valence-electron chi connectivity index (χ0n) is 26.9. The molecule has 5 rings (SSSR count). The summed E-state index contributed by atoms with van der Waals surface area (Å²) in [6, 6.07) is 14.2. The first-order valence-electron chi connectivity index (χ1n) is 15.8. The van der Waals surface area contributed by atoms with Gasteiger partial charge in [-0.1, -0.05) is 82.4 Å². The van der Waals surface area contributed by atoms with Crippen LogP contribution in [0.5, 0.6) is 0 Å². The van der Waals surface area contributed by atoms with Crippen LogP contribution in [-0.4, -0.2) is 33.2 Å². The highest BCUT2D eigenvalue weighted by atomic mass is 32.2. The molecule has 1 aromatic heterocycles. The standard InChI is InChI=1S/C35H45N5O3S/c1-7-8-15-30-37-35(18-11-12-19-35)33(42)40(30)22-25-16-17-26(28(20-25)36-31(41)21-34(4,5)6)27-13-9-10-14-29(27)44-39-32-23(2)24(3)38-43-32/h9-10,13-14,16-17,20,39H,7-8,11-12,15,18-19,21-22H2,1-6H3,(H,36,41). The minimum Gasteiger partial charge on any atom is -0.337 e. The van der Waals surface area contributed by atoms with E-state index in [9.17, 15) is 9.59 Å². The Balaban J connectivity index is 1.47. The van der Waals surface area contributed by atoms with Gasteiger partial charge in [0.05, 0.1) is 12.2 Å². The van der Waals surface area contributed by atoms with Crippen LogP contribution in [0.1, 0.15) is 95.9 Å². The van der Waals surface area contributed by atoms with Gasteiger partial charge in [-0.05, 0) is 73.7 Å². The van der Waals surface area contributed by atoms with Crippen LogP contribution in [0, 0.1) is 19.3 Å². The van der Waals surface area contributed by atoms with Crippen LogP contribution in [0.4, 0.5) is 11.6 Å². The van der Waals surface area contributed by atoms with Gasteiger partial charge in [0.15, 0.2) is 0 Å². The van der Waals surface area contributed by atoms with Crippen molar-refractivity contribution >= 4 is 41.2 Å². The van der Waals surface area contributed by atoms with E-state index in [2.05, 4.69) is 61.1 Å². The fraction of sp³-hybridized carbons (Fsp3) is 0.486. The zero-order valence-corrected chi connectivity index (χ0v) is 27.7. The van der Waals surface area contributed by atoms with Crippen LogP contribution in [0.2, 0.25) is 0 Å². The molecule has 2 aromatic carbocycles. The Labute approximate surface area is 265 Å². The lowest BCUT2D eigenvalue weighted by molar-refractivity contribution is -0.131. The number of amidine groups is 1. The molecule has 8 nitrogen and oxygen atoms in total. The molecule has 44 heavy (non-hydrogen) atoms. The van der Waals surface area contributed by atoms with Gasteiger partial charge in [-0.2, -0.15) is 0 Å². The molecule has 1 aliphatic carbocycles. The smallest absolute Gasteiger partial charge is 0.256 e. The van der Waals surface area contributed by atoms with Gasteiger partial charge < -0.3 is 9.84 Å². The SMILES string of the molecule is CCCCC1=NC2(CCCC2)C(=O)N1Cc1ccc(-c2ccccc2SNc2onc(C)c2C)c(NC(=O)CC(C)(C)C)c1. The predicted molar refractivity (Wildman–Crippen MR) is 179 cm³/mol. The zero-order chi connectivity index (χ0) is 31.5. The molecule has 234 valence electrons. The molecular formula is C35H45N5O3S. The van der Waals surface area contributed by atoms with Gasteiger partial charge in [0, 0.05) is 34.6 Å². The molecule has 1 saturated carbocycles. The summed E-state index contributed by atoms with van der Waals surface area (Å²) in [6.07, 6.45) is 7.01. The summed E-state index contributed by atoms with van der Waals surface area (Å²) in [6.45, 7) is 12.7. The van der Waals surface area contributed by atoms with E-state index in [0.29, 0.717) is 18.8 Å². The minimum absolute atomic E-state index is 0.0423. The Morgan fingerprint density at radius 2 is 1.84 bits per heavy atom. The highest BCUT2D eigenvalue weighted by Crippen LogP contribution is 2.41. The summed E-state index contributed by atoms with van der Waals surface area (Å²) in [5.41, 5.74) is 4.65. The normalized spacial score (nSPS) is 16.1. The summed E-state index contributed by atoms with van der Waals surface area (Å²) in [7, 11) is 0. The minimum atomic E-state index is -0.573. The summed E-state index contributed by atoms with van der Waals surface area (Å²) in [5.74, 6) is 1.62. The third-order valence-electron chi connectivity index (χ3n) is 8.46. The molecule has 0 atom stereocenters. The number of benzene rings is 2. The van der Waals surface area contributed by atoms with Gasteiger partial charge in [-0.25, -0.2) is 0 Å². The molecule has 1 spiro atoms. The largest absolute Gasteiger partial charge is 0.337 e. The Morgan fingerprint density at radius 1 is 1.09 bits per heavy atom. The maximum absolute atomic E-state index is 13.8. The van der Waals surface area contributed by atoms with Gasteiger partial charge in [0.2, 0.25) is 11.8 Å². The quantitative estimate of drug-likeness (QED) is 0.209. The van der Waals surface area contributed by atoms with Crippen LogP contribution in [0.15, 0.2) is 56.9 Å². The molecule has 9 heteroatoms. The number of aliphatic imine (C=N–C) groups is 1. The second-order valence-electron chi connectivity index (χ2n) is 13.3. The maximum Gasteiger partial charge on any atom is 0.256 e. The third kappa shape index (κ3) is 7.04. The second kappa shape index (κ2) is 13.2. The highest BCUT2D eigenvalue weighted by molar-refractivity contribution is 8.00. The number of unbranched alkanes of at least 4 members (excludes halogenated alkanes) is 1. The average Bonchev–Trinajstić information content (AvgIpc) is 3.65. The Morgan fingerprint density at radius 3 is 2.52 bits per heavy atom. The van der Waals surface area contributed by atoms with Crippen molar-refractivity contribution in [2.24, 2.45) is 10.4 Å².